The molecule has 0 aromatic carbocycles. The van der Waals surface area contributed by atoms with E-state index in [0.717, 1.165) is 57.8 Å². The summed E-state index contributed by atoms with van der Waals surface area (Å²) >= 11 is 0. The highest BCUT2D eigenvalue weighted by molar-refractivity contribution is 7.47. The molecule has 336 valence electrons. The summed E-state index contributed by atoms with van der Waals surface area (Å²) in [5.74, 6) is -0.384. The van der Waals surface area contributed by atoms with E-state index in [-0.39, 0.29) is 25.6 Å². The molecular formula is C47H89O9P. The summed E-state index contributed by atoms with van der Waals surface area (Å²) in [6.45, 7) is 3.51. The van der Waals surface area contributed by atoms with Gasteiger partial charge in [0.05, 0.1) is 26.4 Å². The van der Waals surface area contributed by atoms with Gasteiger partial charge in [-0.1, -0.05) is 192 Å². The zero-order valence-corrected chi connectivity index (χ0v) is 37.7. The Bertz CT molecular complexity index is 986. The predicted octanol–water partition coefficient (Wildman–Crippen LogP) is 13.2. The van der Waals surface area contributed by atoms with Gasteiger partial charge in [-0.25, -0.2) is 4.57 Å². The first-order chi connectivity index (χ1) is 27.8. The number of allylic oxidation sites excluding steroid dienone is 6. The second-order valence-corrected chi connectivity index (χ2v) is 17.2. The van der Waals surface area contributed by atoms with Crippen molar-refractivity contribution >= 4 is 13.8 Å². The normalized spacial score (nSPS) is 14.3. The van der Waals surface area contributed by atoms with E-state index in [1.54, 1.807) is 0 Å². The molecule has 0 saturated heterocycles. The number of hydrogen-bond donors (Lipinski definition) is 3. The molecule has 0 spiro atoms. The van der Waals surface area contributed by atoms with E-state index in [9.17, 15) is 19.4 Å². The van der Waals surface area contributed by atoms with Crippen LogP contribution in [0.1, 0.15) is 213 Å². The third kappa shape index (κ3) is 44.1. The van der Waals surface area contributed by atoms with Crippen LogP contribution in [0.15, 0.2) is 36.5 Å². The topological polar surface area (TPSA) is 132 Å². The Morgan fingerprint density at radius 1 is 0.544 bits per heavy atom. The van der Waals surface area contributed by atoms with E-state index in [4.69, 9.17) is 23.6 Å². The zero-order chi connectivity index (χ0) is 41.8. The second kappa shape index (κ2) is 44.2. The van der Waals surface area contributed by atoms with Gasteiger partial charge in [-0.2, -0.15) is 0 Å². The predicted molar refractivity (Wildman–Crippen MR) is 237 cm³/mol. The van der Waals surface area contributed by atoms with Crippen molar-refractivity contribution in [1.29, 1.82) is 0 Å². The Morgan fingerprint density at radius 3 is 1.42 bits per heavy atom. The highest BCUT2D eigenvalue weighted by Gasteiger charge is 2.26. The lowest BCUT2D eigenvalue weighted by molar-refractivity contribution is -0.154. The molecule has 0 aromatic rings. The van der Waals surface area contributed by atoms with Gasteiger partial charge in [-0.3, -0.25) is 13.8 Å². The molecular weight excluding hydrogens is 739 g/mol. The Hall–Kier alpha value is -1.32. The van der Waals surface area contributed by atoms with E-state index < -0.39 is 33.2 Å². The average Bonchev–Trinajstić information content (AvgIpc) is 3.20. The highest BCUT2D eigenvalue weighted by atomic mass is 31.2. The number of carbonyl (C=O) groups is 1. The summed E-state index contributed by atoms with van der Waals surface area (Å²) < 4.78 is 33.4. The molecule has 0 rings (SSSR count). The summed E-state index contributed by atoms with van der Waals surface area (Å²) in [6.07, 6.45) is 48.2. The molecule has 0 bridgehead atoms. The van der Waals surface area contributed by atoms with Crippen molar-refractivity contribution < 1.29 is 43.0 Å². The largest absolute Gasteiger partial charge is 0.472 e. The molecule has 3 N–H and O–H groups in total. The number of rotatable bonds is 45. The van der Waals surface area contributed by atoms with Crippen LogP contribution in [0.2, 0.25) is 0 Å². The van der Waals surface area contributed by atoms with E-state index in [1.165, 1.54) is 135 Å². The molecule has 10 heteroatoms. The summed E-state index contributed by atoms with van der Waals surface area (Å²) in [5.41, 5.74) is 0. The van der Waals surface area contributed by atoms with Gasteiger partial charge < -0.3 is 24.6 Å². The molecule has 57 heavy (non-hydrogen) atoms. The van der Waals surface area contributed by atoms with Gasteiger partial charge in [0.25, 0.3) is 0 Å². The fraction of sp³-hybridized carbons (Fsp3) is 0.851. The van der Waals surface area contributed by atoms with Crippen molar-refractivity contribution in [2.45, 2.75) is 225 Å². The number of aliphatic hydroxyl groups excluding tert-OH is 2. The van der Waals surface area contributed by atoms with Gasteiger partial charge >= 0.3 is 13.8 Å². The average molecular weight is 829 g/mol. The molecule has 0 heterocycles. The molecule has 0 aliphatic rings. The molecule has 0 aromatic heterocycles. The van der Waals surface area contributed by atoms with Crippen LogP contribution in [0.25, 0.3) is 0 Å². The van der Waals surface area contributed by atoms with Crippen LogP contribution in [0.4, 0.5) is 0 Å². The number of carbonyl (C=O) groups excluding carboxylic acids is 1. The molecule has 0 aliphatic heterocycles. The fourth-order valence-corrected chi connectivity index (χ4v) is 7.27. The first-order valence-electron chi connectivity index (χ1n) is 23.5. The minimum Gasteiger partial charge on any atom is -0.457 e. The van der Waals surface area contributed by atoms with Crippen molar-refractivity contribution in [2.75, 3.05) is 33.0 Å². The minimum absolute atomic E-state index is 0.0450. The van der Waals surface area contributed by atoms with E-state index >= 15 is 0 Å². The molecule has 0 fully saturated rings. The van der Waals surface area contributed by atoms with Gasteiger partial charge in [-0.05, 0) is 51.4 Å². The Labute approximate surface area is 350 Å². The lowest BCUT2D eigenvalue weighted by atomic mass is 10.0. The van der Waals surface area contributed by atoms with Crippen molar-refractivity contribution in [3.63, 3.8) is 0 Å². The number of aliphatic hydroxyl groups is 2. The van der Waals surface area contributed by atoms with Crippen LogP contribution in [-0.2, 0) is 27.9 Å². The first-order valence-corrected chi connectivity index (χ1v) is 25.0. The third-order valence-corrected chi connectivity index (χ3v) is 11.0. The van der Waals surface area contributed by atoms with Gasteiger partial charge in [0.2, 0.25) is 0 Å². The summed E-state index contributed by atoms with van der Waals surface area (Å²) in [6, 6.07) is 0. The maximum atomic E-state index is 12.6. The molecule has 0 aliphatic carbocycles. The van der Waals surface area contributed by atoms with Crippen LogP contribution in [-0.4, -0.2) is 66.3 Å². The standard InChI is InChI=1S/C47H89O9P/c1-3-5-7-9-11-13-15-17-19-20-21-22-23-24-25-26-28-30-32-34-36-38-40-53-43-46(44-55-57(51,52)54-42-45(49)41-48)56-47(50)39-37-35-33-31-29-27-18-16-14-12-10-8-6-4-2/h15,17,20-21,23-24,45-46,48-49H,3-14,16,18-19,22,25-44H2,1-2H3,(H,51,52)/b17-15-,21-20-,24-23-. The van der Waals surface area contributed by atoms with Gasteiger partial charge in [0.15, 0.2) is 0 Å². The van der Waals surface area contributed by atoms with E-state index in [1.807, 2.05) is 0 Å². The lowest BCUT2D eigenvalue weighted by Crippen LogP contribution is -2.29. The van der Waals surface area contributed by atoms with Crippen LogP contribution in [0.5, 0.6) is 0 Å². The molecule has 3 unspecified atom stereocenters. The fourth-order valence-electron chi connectivity index (χ4n) is 6.48. The number of hydrogen-bond acceptors (Lipinski definition) is 8. The Kier molecular flexibility index (Phi) is 43.2. The summed E-state index contributed by atoms with van der Waals surface area (Å²) in [4.78, 5) is 22.6. The summed E-state index contributed by atoms with van der Waals surface area (Å²) in [5, 5.41) is 18.4. The quantitative estimate of drug-likeness (QED) is 0.0237. The Balaban J connectivity index is 4.12. The number of esters is 1. The molecule has 0 amide bonds. The zero-order valence-electron chi connectivity index (χ0n) is 36.8. The number of phosphoric acid groups is 1. The number of ether oxygens (including phenoxy) is 2. The van der Waals surface area contributed by atoms with Gasteiger partial charge in [-0.15, -0.1) is 0 Å². The maximum Gasteiger partial charge on any atom is 0.472 e. The van der Waals surface area contributed by atoms with Crippen LogP contribution >= 0.6 is 7.82 Å². The summed E-state index contributed by atoms with van der Waals surface area (Å²) in [7, 11) is -4.52. The van der Waals surface area contributed by atoms with Crippen molar-refractivity contribution in [3.05, 3.63) is 36.5 Å². The van der Waals surface area contributed by atoms with Crippen molar-refractivity contribution in [2.24, 2.45) is 0 Å². The maximum absolute atomic E-state index is 12.6. The van der Waals surface area contributed by atoms with Crippen molar-refractivity contribution in [1.82, 2.24) is 0 Å². The number of unbranched alkanes of at least 4 members (excludes halogenated alkanes) is 25. The second-order valence-electron chi connectivity index (χ2n) is 15.8. The molecule has 9 nitrogen and oxygen atoms in total. The van der Waals surface area contributed by atoms with Crippen LogP contribution in [0, 0.1) is 0 Å². The minimum atomic E-state index is -4.52. The van der Waals surface area contributed by atoms with Gasteiger partial charge in [0, 0.05) is 13.0 Å². The monoisotopic (exact) mass is 829 g/mol. The van der Waals surface area contributed by atoms with Crippen molar-refractivity contribution in [3.8, 4) is 0 Å². The number of phosphoric ester groups is 1. The lowest BCUT2D eigenvalue weighted by Gasteiger charge is -2.20. The van der Waals surface area contributed by atoms with Gasteiger partial charge in [0.1, 0.15) is 12.2 Å². The molecule has 0 radical (unpaired) electrons. The third-order valence-electron chi connectivity index (χ3n) is 10.1. The highest BCUT2D eigenvalue weighted by Crippen LogP contribution is 2.43. The smallest absolute Gasteiger partial charge is 0.457 e. The van der Waals surface area contributed by atoms with Crippen LogP contribution < -0.4 is 0 Å². The van der Waals surface area contributed by atoms with Crippen LogP contribution in [0.3, 0.4) is 0 Å². The Morgan fingerprint density at radius 2 is 0.947 bits per heavy atom. The SMILES string of the molecule is CCCCCCC/C=C\C/C=C\C/C=C\CCCCCCCCCOCC(COP(=O)(O)OCC(O)CO)OC(=O)CCCCCCCCCCCCCCCC. The molecule has 0 saturated carbocycles. The van der Waals surface area contributed by atoms with E-state index in [0.29, 0.717) is 6.61 Å². The van der Waals surface area contributed by atoms with E-state index in [2.05, 4.69) is 50.3 Å². The molecule has 3 atom stereocenters. The first kappa shape index (κ1) is 55.7.